The number of carbonyl (C=O) groups is 2. The van der Waals surface area contributed by atoms with Gasteiger partial charge in [-0.1, -0.05) is 17.7 Å². The van der Waals surface area contributed by atoms with E-state index in [0.29, 0.717) is 28.8 Å². The van der Waals surface area contributed by atoms with Crippen LogP contribution in [0.1, 0.15) is 16.6 Å². The third-order valence-corrected chi connectivity index (χ3v) is 4.47. The van der Waals surface area contributed by atoms with Gasteiger partial charge in [-0.3, -0.25) is 9.59 Å². The van der Waals surface area contributed by atoms with Crippen molar-refractivity contribution in [2.75, 3.05) is 20.2 Å². The number of likely N-dealkylation sites (N-methyl/N-ethyl adjacent to an activating group) is 1. The maximum atomic E-state index is 12.3. The van der Waals surface area contributed by atoms with Crippen LogP contribution >= 0.6 is 22.9 Å². The van der Waals surface area contributed by atoms with Crippen LogP contribution in [0.4, 0.5) is 0 Å². The molecular weight excluding hydrogens is 348 g/mol. The summed E-state index contributed by atoms with van der Waals surface area (Å²) < 4.78 is 5.56. The normalized spacial score (nSPS) is 11.6. The second-order valence-electron chi connectivity index (χ2n) is 5.23. The maximum absolute atomic E-state index is 12.3. The summed E-state index contributed by atoms with van der Waals surface area (Å²) in [5.41, 5.74) is 0. The van der Waals surface area contributed by atoms with E-state index in [1.807, 2.05) is 5.38 Å². The van der Waals surface area contributed by atoms with Crippen molar-refractivity contribution in [3.05, 3.63) is 51.7 Å². The van der Waals surface area contributed by atoms with Crippen LogP contribution in [0, 0.1) is 0 Å². The standard InChI is InChI=1S/C17H19ClN2O3S/c1-12(19-16(21)15-4-3-11-24-15)17(22)20(2)9-10-23-14-7-5-13(18)6-8-14/h3-8,11-12H,9-10H2,1-2H3,(H,19,21). The largest absolute Gasteiger partial charge is 0.492 e. The van der Waals surface area contributed by atoms with Gasteiger partial charge in [-0.25, -0.2) is 0 Å². The van der Waals surface area contributed by atoms with Crippen molar-refractivity contribution < 1.29 is 14.3 Å². The Balaban J connectivity index is 1.76. The highest BCUT2D eigenvalue weighted by Gasteiger charge is 2.20. The zero-order chi connectivity index (χ0) is 17.5. The Bertz CT molecular complexity index is 674. The van der Waals surface area contributed by atoms with Crippen molar-refractivity contribution in [3.63, 3.8) is 0 Å². The van der Waals surface area contributed by atoms with Gasteiger partial charge in [0.2, 0.25) is 5.91 Å². The maximum Gasteiger partial charge on any atom is 0.261 e. The number of hydrogen-bond acceptors (Lipinski definition) is 4. The highest BCUT2D eigenvalue weighted by atomic mass is 35.5. The molecule has 2 amide bonds. The van der Waals surface area contributed by atoms with Crippen LogP contribution in [0.25, 0.3) is 0 Å². The molecule has 1 atom stereocenters. The van der Waals surface area contributed by atoms with Gasteiger partial charge in [0.05, 0.1) is 11.4 Å². The Morgan fingerprint density at radius 1 is 1.29 bits per heavy atom. The van der Waals surface area contributed by atoms with Gasteiger partial charge in [-0.15, -0.1) is 11.3 Å². The second kappa shape index (κ2) is 8.70. The molecule has 2 rings (SSSR count). The van der Waals surface area contributed by atoms with Crippen molar-refractivity contribution in [2.45, 2.75) is 13.0 Å². The van der Waals surface area contributed by atoms with Gasteiger partial charge >= 0.3 is 0 Å². The number of nitrogens with one attached hydrogen (secondary N) is 1. The van der Waals surface area contributed by atoms with E-state index in [1.165, 1.54) is 16.2 Å². The summed E-state index contributed by atoms with van der Waals surface area (Å²) in [5, 5.41) is 5.17. The molecule has 2 aromatic rings. The lowest BCUT2D eigenvalue weighted by molar-refractivity contribution is -0.131. The minimum absolute atomic E-state index is 0.167. The molecule has 0 spiro atoms. The van der Waals surface area contributed by atoms with Crippen LogP contribution in [0.3, 0.4) is 0 Å². The number of hydrogen-bond donors (Lipinski definition) is 1. The first-order chi connectivity index (χ1) is 11.5. The summed E-state index contributed by atoms with van der Waals surface area (Å²) in [6.45, 7) is 2.44. The van der Waals surface area contributed by atoms with E-state index in [1.54, 1.807) is 50.4 Å². The van der Waals surface area contributed by atoms with E-state index in [4.69, 9.17) is 16.3 Å². The fourth-order valence-corrected chi connectivity index (χ4v) is 2.76. The van der Waals surface area contributed by atoms with Gasteiger partial charge in [-0.05, 0) is 42.6 Å². The van der Waals surface area contributed by atoms with Crippen molar-refractivity contribution in [2.24, 2.45) is 0 Å². The average Bonchev–Trinajstić information content (AvgIpc) is 3.10. The predicted octanol–water partition coefficient (Wildman–Crippen LogP) is 3.06. The molecule has 7 heteroatoms. The molecule has 0 radical (unpaired) electrons. The topological polar surface area (TPSA) is 58.6 Å². The lowest BCUT2D eigenvalue weighted by atomic mass is 10.2. The molecule has 5 nitrogen and oxygen atoms in total. The molecule has 0 saturated heterocycles. The lowest BCUT2D eigenvalue weighted by Gasteiger charge is -2.22. The van der Waals surface area contributed by atoms with Crippen LogP contribution in [-0.2, 0) is 4.79 Å². The highest BCUT2D eigenvalue weighted by Crippen LogP contribution is 2.15. The van der Waals surface area contributed by atoms with Gasteiger partial charge in [-0.2, -0.15) is 0 Å². The molecule has 0 aliphatic carbocycles. The Labute approximate surface area is 150 Å². The molecule has 0 bridgehead atoms. The molecule has 1 heterocycles. The van der Waals surface area contributed by atoms with Crippen LogP contribution in [0.15, 0.2) is 41.8 Å². The molecule has 0 fully saturated rings. The minimum atomic E-state index is -0.597. The zero-order valence-electron chi connectivity index (χ0n) is 13.5. The van der Waals surface area contributed by atoms with E-state index >= 15 is 0 Å². The van der Waals surface area contributed by atoms with E-state index in [0.717, 1.165) is 0 Å². The number of nitrogens with zero attached hydrogens (tertiary/aromatic N) is 1. The summed E-state index contributed by atoms with van der Waals surface area (Å²) in [5.74, 6) is 0.288. The van der Waals surface area contributed by atoms with Crippen molar-refractivity contribution in [1.82, 2.24) is 10.2 Å². The molecule has 128 valence electrons. The quantitative estimate of drug-likeness (QED) is 0.819. The van der Waals surface area contributed by atoms with Gasteiger partial charge in [0, 0.05) is 12.1 Å². The van der Waals surface area contributed by atoms with E-state index < -0.39 is 6.04 Å². The van der Waals surface area contributed by atoms with Gasteiger partial charge in [0.15, 0.2) is 0 Å². The van der Waals surface area contributed by atoms with Crippen molar-refractivity contribution >= 4 is 34.8 Å². The summed E-state index contributed by atoms with van der Waals surface area (Å²) in [4.78, 5) is 26.4. The predicted molar refractivity (Wildman–Crippen MR) is 95.8 cm³/mol. The zero-order valence-corrected chi connectivity index (χ0v) is 15.1. The SMILES string of the molecule is CC(NC(=O)c1cccs1)C(=O)N(C)CCOc1ccc(Cl)cc1. The fraction of sp³-hybridized carbons (Fsp3) is 0.294. The number of amides is 2. The molecule has 1 aromatic heterocycles. The fourth-order valence-electron chi connectivity index (χ4n) is 2.01. The Hall–Kier alpha value is -2.05. The van der Waals surface area contributed by atoms with Crippen molar-refractivity contribution in [3.8, 4) is 5.75 Å². The summed E-state index contributed by atoms with van der Waals surface area (Å²) in [7, 11) is 1.68. The molecule has 0 saturated carbocycles. The first-order valence-electron chi connectivity index (χ1n) is 7.45. The number of ether oxygens (including phenoxy) is 1. The number of halogens is 1. The van der Waals surface area contributed by atoms with Gasteiger partial charge in [0.25, 0.3) is 5.91 Å². The Morgan fingerprint density at radius 2 is 2.00 bits per heavy atom. The molecule has 0 aliphatic heterocycles. The molecule has 1 N–H and O–H groups in total. The van der Waals surface area contributed by atoms with E-state index in [2.05, 4.69) is 5.32 Å². The molecular formula is C17H19ClN2O3S. The molecule has 24 heavy (non-hydrogen) atoms. The number of rotatable bonds is 7. The Kier molecular flexibility index (Phi) is 6.63. The third kappa shape index (κ3) is 5.25. The minimum Gasteiger partial charge on any atom is -0.492 e. The van der Waals surface area contributed by atoms with E-state index in [9.17, 15) is 9.59 Å². The highest BCUT2D eigenvalue weighted by molar-refractivity contribution is 7.12. The monoisotopic (exact) mass is 366 g/mol. The van der Waals surface area contributed by atoms with Gasteiger partial charge < -0.3 is 15.0 Å². The third-order valence-electron chi connectivity index (χ3n) is 3.35. The first kappa shape index (κ1) is 18.3. The Morgan fingerprint density at radius 3 is 2.62 bits per heavy atom. The molecule has 1 aromatic carbocycles. The summed E-state index contributed by atoms with van der Waals surface area (Å²) >= 11 is 7.15. The lowest BCUT2D eigenvalue weighted by Crippen LogP contribution is -2.46. The molecule has 0 aliphatic rings. The second-order valence-corrected chi connectivity index (χ2v) is 6.62. The summed E-state index contributed by atoms with van der Waals surface area (Å²) in [6.07, 6.45) is 0. The number of carbonyl (C=O) groups excluding carboxylic acids is 2. The first-order valence-corrected chi connectivity index (χ1v) is 8.71. The van der Waals surface area contributed by atoms with Crippen molar-refractivity contribution in [1.29, 1.82) is 0 Å². The smallest absolute Gasteiger partial charge is 0.261 e. The molecule has 1 unspecified atom stereocenters. The van der Waals surface area contributed by atoms with Gasteiger partial charge in [0.1, 0.15) is 18.4 Å². The van der Waals surface area contributed by atoms with Crippen LogP contribution in [-0.4, -0.2) is 43.0 Å². The van der Waals surface area contributed by atoms with Crippen LogP contribution in [0.2, 0.25) is 5.02 Å². The number of benzene rings is 1. The van der Waals surface area contributed by atoms with E-state index in [-0.39, 0.29) is 11.8 Å². The number of thiophene rings is 1. The summed E-state index contributed by atoms with van der Waals surface area (Å²) in [6, 6.07) is 9.96. The average molecular weight is 367 g/mol. The van der Waals surface area contributed by atoms with Crippen LogP contribution in [0.5, 0.6) is 5.75 Å². The van der Waals surface area contributed by atoms with Crippen LogP contribution < -0.4 is 10.1 Å².